The number of aryl methyl sites for hydroxylation is 2. The third-order valence-corrected chi connectivity index (χ3v) is 10.8. The second kappa shape index (κ2) is 7.92. The summed E-state index contributed by atoms with van der Waals surface area (Å²) < 4.78 is 8.56. The quantitative estimate of drug-likeness (QED) is 0.395. The van der Waals surface area contributed by atoms with Crippen LogP contribution in [0.2, 0.25) is 18.1 Å². The van der Waals surface area contributed by atoms with E-state index in [0.29, 0.717) is 13.0 Å². The van der Waals surface area contributed by atoms with Crippen molar-refractivity contribution in [3.8, 4) is 0 Å². The molecule has 0 spiro atoms. The predicted octanol–water partition coefficient (Wildman–Crippen LogP) is 6.68. The molecule has 1 aliphatic carbocycles. The molecule has 1 heterocycles. The Bertz CT molecular complexity index is 986. The van der Waals surface area contributed by atoms with E-state index in [-0.39, 0.29) is 10.8 Å². The number of aromatic nitrogens is 1. The number of hydrogen-bond donors (Lipinski definition) is 0. The number of carbonyl (C=O) groups is 1. The van der Waals surface area contributed by atoms with Crippen LogP contribution < -0.4 is 0 Å². The van der Waals surface area contributed by atoms with Crippen molar-refractivity contribution in [2.45, 2.75) is 65.8 Å². The average Bonchev–Trinajstić information content (AvgIpc) is 3.27. The van der Waals surface area contributed by atoms with Crippen LogP contribution in [0.15, 0.2) is 54.3 Å². The second-order valence-electron chi connectivity index (χ2n) is 9.54. The van der Waals surface area contributed by atoms with E-state index >= 15 is 0 Å². The molecule has 0 N–H and O–H groups in total. The molecule has 4 heteroatoms. The lowest BCUT2D eigenvalue weighted by molar-refractivity contribution is 0.103. The topological polar surface area (TPSA) is 31.2 Å². The first-order valence-corrected chi connectivity index (χ1v) is 13.2. The summed E-state index contributed by atoms with van der Waals surface area (Å²) in [5.41, 5.74) is 5.90. The van der Waals surface area contributed by atoms with Crippen molar-refractivity contribution in [1.29, 1.82) is 0 Å². The Kier molecular flexibility index (Phi) is 5.88. The van der Waals surface area contributed by atoms with Crippen LogP contribution in [0.25, 0.3) is 5.70 Å². The van der Waals surface area contributed by atoms with Gasteiger partial charge in [-0.05, 0) is 62.2 Å². The molecule has 0 amide bonds. The number of ketones is 1. The lowest BCUT2D eigenvalue weighted by Crippen LogP contribution is -2.40. The van der Waals surface area contributed by atoms with Crippen molar-refractivity contribution in [3.05, 3.63) is 76.6 Å². The van der Waals surface area contributed by atoms with Gasteiger partial charge in [0.15, 0.2) is 14.1 Å². The highest BCUT2D eigenvalue weighted by atomic mass is 28.4. The Morgan fingerprint density at radius 3 is 2.55 bits per heavy atom. The summed E-state index contributed by atoms with van der Waals surface area (Å²) in [6, 6.07) is 10.2. The largest absolute Gasteiger partial charge is 0.411 e. The standard InChI is InChI=1S/C25H33NO2Si/c1-18-13-14-21(19(2)16-18)24(27)22-11-8-12-23(22)26-15-9-10-20(26)17-28-29(6,7)25(3,4)5/h8-10,12-16H,11,17H2,1-7H3. The molecule has 154 valence electrons. The van der Waals surface area contributed by atoms with Crippen molar-refractivity contribution in [3.63, 3.8) is 0 Å². The van der Waals surface area contributed by atoms with Crippen LogP contribution in [0.4, 0.5) is 0 Å². The summed E-state index contributed by atoms with van der Waals surface area (Å²) in [6.45, 7) is 15.9. The first-order valence-electron chi connectivity index (χ1n) is 10.3. The molecule has 3 nitrogen and oxygen atoms in total. The van der Waals surface area contributed by atoms with Gasteiger partial charge in [-0.3, -0.25) is 4.79 Å². The molecule has 3 rings (SSSR count). The molecule has 0 fully saturated rings. The minimum Gasteiger partial charge on any atom is -0.411 e. The van der Waals surface area contributed by atoms with E-state index in [1.165, 1.54) is 5.56 Å². The molecule has 0 unspecified atom stereocenters. The van der Waals surface area contributed by atoms with Crippen LogP contribution in [0.1, 0.15) is 54.4 Å². The van der Waals surface area contributed by atoms with Crippen LogP contribution in [0.3, 0.4) is 0 Å². The number of hydrogen-bond acceptors (Lipinski definition) is 2. The zero-order chi connectivity index (χ0) is 21.4. The van der Waals surface area contributed by atoms with Gasteiger partial charge in [0.2, 0.25) is 0 Å². The van der Waals surface area contributed by atoms with Gasteiger partial charge in [-0.2, -0.15) is 0 Å². The number of nitrogens with zero attached hydrogens (tertiary/aromatic N) is 1. The van der Waals surface area contributed by atoms with Gasteiger partial charge < -0.3 is 8.99 Å². The first-order chi connectivity index (χ1) is 13.5. The van der Waals surface area contributed by atoms with Gasteiger partial charge in [0, 0.05) is 23.0 Å². The van der Waals surface area contributed by atoms with E-state index in [0.717, 1.165) is 28.1 Å². The molecule has 2 aromatic rings. The number of Topliss-reactive ketones (excluding diaryl/α,β-unsaturated/α-hetero) is 1. The molecule has 0 saturated carbocycles. The van der Waals surface area contributed by atoms with Crippen LogP contribution in [-0.4, -0.2) is 18.7 Å². The summed E-state index contributed by atoms with van der Waals surface area (Å²) >= 11 is 0. The number of carbonyl (C=O) groups excluding carboxylic acids is 1. The lowest BCUT2D eigenvalue weighted by Gasteiger charge is -2.36. The van der Waals surface area contributed by atoms with E-state index in [1.807, 2.05) is 31.3 Å². The van der Waals surface area contributed by atoms with E-state index in [1.54, 1.807) is 0 Å². The molecule has 0 bridgehead atoms. The van der Waals surface area contributed by atoms with E-state index in [2.05, 4.69) is 69.6 Å². The van der Waals surface area contributed by atoms with E-state index < -0.39 is 8.32 Å². The van der Waals surface area contributed by atoms with Crippen molar-refractivity contribution in [2.24, 2.45) is 0 Å². The monoisotopic (exact) mass is 407 g/mol. The van der Waals surface area contributed by atoms with Crippen molar-refractivity contribution >= 4 is 19.8 Å². The van der Waals surface area contributed by atoms with Crippen LogP contribution in [-0.2, 0) is 11.0 Å². The maximum atomic E-state index is 13.3. The number of benzene rings is 1. The van der Waals surface area contributed by atoms with Crippen LogP contribution >= 0.6 is 0 Å². The summed E-state index contributed by atoms with van der Waals surface area (Å²) in [6.07, 6.45) is 6.84. The summed E-state index contributed by atoms with van der Waals surface area (Å²) in [4.78, 5) is 13.3. The number of rotatable bonds is 6. The molecular formula is C25H33NO2Si. The summed E-state index contributed by atoms with van der Waals surface area (Å²) in [5.74, 6) is 0.118. The molecule has 0 radical (unpaired) electrons. The zero-order valence-corrected chi connectivity index (χ0v) is 19.8. The average molecular weight is 408 g/mol. The predicted molar refractivity (Wildman–Crippen MR) is 124 cm³/mol. The zero-order valence-electron chi connectivity index (χ0n) is 18.8. The van der Waals surface area contributed by atoms with Gasteiger partial charge in [0.1, 0.15) is 0 Å². The normalized spacial score (nSPS) is 14.7. The minimum atomic E-state index is -1.84. The molecule has 1 aromatic carbocycles. The van der Waals surface area contributed by atoms with Crippen molar-refractivity contribution < 1.29 is 9.22 Å². The van der Waals surface area contributed by atoms with E-state index in [4.69, 9.17) is 4.43 Å². The van der Waals surface area contributed by atoms with Crippen molar-refractivity contribution in [1.82, 2.24) is 4.57 Å². The molecule has 1 aromatic heterocycles. The highest BCUT2D eigenvalue weighted by Crippen LogP contribution is 2.37. The Morgan fingerprint density at radius 2 is 1.90 bits per heavy atom. The fourth-order valence-corrected chi connectivity index (χ4v) is 4.34. The summed E-state index contributed by atoms with van der Waals surface area (Å²) in [7, 11) is -1.84. The Labute approximate surface area is 176 Å². The van der Waals surface area contributed by atoms with Crippen LogP contribution in [0, 0.1) is 13.8 Å². The maximum Gasteiger partial charge on any atom is 0.192 e. The molecule has 0 saturated heterocycles. The lowest BCUT2D eigenvalue weighted by atomic mass is 9.96. The van der Waals surface area contributed by atoms with E-state index in [9.17, 15) is 4.79 Å². The smallest absolute Gasteiger partial charge is 0.192 e. The fourth-order valence-electron chi connectivity index (χ4n) is 3.40. The third kappa shape index (κ3) is 4.38. The van der Waals surface area contributed by atoms with Gasteiger partial charge in [-0.25, -0.2) is 0 Å². The van der Waals surface area contributed by atoms with Crippen LogP contribution in [0.5, 0.6) is 0 Å². The van der Waals surface area contributed by atoms with Gasteiger partial charge in [-0.1, -0.05) is 50.6 Å². The van der Waals surface area contributed by atoms with Gasteiger partial charge in [0.05, 0.1) is 12.3 Å². The molecule has 29 heavy (non-hydrogen) atoms. The maximum absolute atomic E-state index is 13.3. The molecular weight excluding hydrogens is 374 g/mol. The number of allylic oxidation sites excluding steroid dienone is 4. The Balaban J connectivity index is 1.91. The molecule has 0 aliphatic heterocycles. The van der Waals surface area contributed by atoms with Crippen molar-refractivity contribution in [2.75, 3.05) is 0 Å². The third-order valence-electron chi connectivity index (χ3n) is 6.29. The fraction of sp³-hybridized carbons (Fsp3) is 0.400. The molecule has 1 aliphatic rings. The SMILES string of the molecule is Cc1ccc(C(=O)C2=C(n3cccc3CO[Si](C)(C)C(C)(C)C)C=CC2)c(C)c1. The minimum absolute atomic E-state index is 0.118. The Hall–Kier alpha value is -2.17. The Morgan fingerprint density at radius 1 is 1.17 bits per heavy atom. The van der Waals surface area contributed by atoms with Gasteiger partial charge >= 0.3 is 0 Å². The highest BCUT2D eigenvalue weighted by molar-refractivity contribution is 6.74. The van der Waals surface area contributed by atoms with Gasteiger partial charge in [-0.15, -0.1) is 0 Å². The first kappa shape index (κ1) is 21.5. The summed E-state index contributed by atoms with van der Waals surface area (Å²) in [5, 5.41) is 0.168. The second-order valence-corrected chi connectivity index (χ2v) is 14.3. The molecule has 0 atom stereocenters. The van der Waals surface area contributed by atoms with Gasteiger partial charge in [0.25, 0.3) is 0 Å². The highest BCUT2D eigenvalue weighted by Gasteiger charge is 2.37.